The maximum atomic E-state index is 12.8. The van der Waals surface area contributed by atoms with Gasteiger partial charge in [0.15, 0.2) is 0 Å². The van der Waals surface area contributed by atoms with E-state index in [1.54, 1.807) is 0 Å². The van der Waals surface area contributed by atoms with Gasteiger partial charge in [-0.1, -0.05) is 31.0 Å². The minimum Gasteiger partial charge on any atom is -0.311 e. The molecule has 114 valence electrons. The second-order valence-electron chi connectivity index (χ2n) is 6.57. The molecule has 0 spiro atoms. The molecular formula is C18H26N2O. The molecular weight excluding hydrogens is 260 g/mol. The lowest BCUT2D eigenvalue weighted by Gasteiger charge is -2.37. The molecule has 2 aliphatic rings. The quantitative estimate of drug-likeness (QED) is 0.848. The average molecular weight is 286 g/mol. The molecule has 1 aromatic rings. The van der Waals surface area contributed by atoms with Gasteiger partial charge in [0.2, 0.25) is 5.91 Å². The molecule has 3 heteroatoms. The van der Waals surface area contributed by atoms with Crippen molar-refractivity contribution in [2.75, 3.05) is 25.0 Å². The summed E-state index contributed by atoms with van der Waals surface area (Å²) in [4.78, 5) is 17.1. The Labute approximate surface area is 127 Å². The Morgan fingerprint density at radius 1 is 1.10 bits per heavy atom. The maximum absolute atomic E-state index is 12.8. The van der Waals surface area contributed by atoms with Crippen molar-refractivity contribution in [2.45, 2.75) is 44.6 Å². The number of carbonyl (C=O) groups excluding carboxylic acids is 1. The first-order valence-corrected chi connectivity index (χ1v) is 8.32. The first kappa shape index (κ1) is 14.6. The Morgan fingerprint density at radius 2 is 1.81 bits per heavy atom. The summed E-state index contributed by atoms with van der Waals surface area (Å²) in [6.45, 7) is 1.94. The van der Waals surface area contributed by atoms with Crippen LogP contribution in [-0.4, -0.2) is 37.0 Å². The van der Waals surface area contributed by atoms with Gasteiger partial charge in [-0.2, -0.15) is 0 Å². The lowest BCUT2D eigenvalue weighted by atomic mass is 10.0. The zero-order valence-corrected chi connectivity index (χ0v) is 13.0. The first-order chi connectivity index (χ1) is 10.3. The standard InChI is InChI=1S/C18H26N2O/c1-19(14-15-8-5-6-9-15)17-12-7-13-20(18(17)21)16-10-3-2-4-11-16/h2-4,10-11,15,17H,5-9,12-14H2,1H3. The summed E-state index contributed by atoms with van der Waals surface area (Å²) in [7, 11) is 2.13. The molecule has 0 N–H and O–H groups in total. The van der Waals surface area contributed by atoms with E-state index in [0.717, 1.165) is 37.5 Å². The van der Waals surface area contributed by atoms with Crippen LogP contribution in [0.1, 0.15) is 38.5 Å². The number of amides is 1. The Hall–Kier alpha value is -1.35. The predicted octanol–water partition coefficient (Wildman–Crippen LogP) is 3.30. The van der Waals surface area contributed by atoms with Gasteiger partial charge in [0, 0.05) is 18.8 Å². The van der Waals surface area contributed by atoms with E-state index in [4.69, 9.17) is 0 Å². The van der Waals surface area contributed by atoms with Crippen LogP contribution in [0.3, 0.4) is 0 Å². The molecule has 2 fully saturated rings. The second kappa shape index (κ2) is 6.61. The Bertz CT molecular complexity index is 467. The van der Waals surface area contributed by atoms with Gasteiger partial charge in [-0.3, -0.25) is 9.69 Å². The van der Waals surface area contributed by atoms with Crippen molar-refractivity contribution in [2.24, 2.45) is 5.92 Å². The highest BCUT2D eigenvalue weighted by atomic mass is 16.2. The fourth-order valence-corrected chi connectivity index (χ4v) is 3.86. The third-order valence-electron chi connectivity index (χ3n) is 5.03. The van der Waals surface area contributed by atoms with Gasteiger partial charge in [0.25, 0.3) is 0 Å². The largest absolute Gasteiger partial charge is 0.311 e. The van der Waals surface area contributed by atoms with Gasteiger partial charge in [-0.25, -0.2) is 0 Å². The van der Waals surface area contributed by atoms with Gasteiger partial charge in [-0.05, 0) is 50.8 Å². The van der Waals surface area contributed by atoms with Gasteiger partial charge >= 0.3 is 0 Å². The fourth-order valence-electron chi connectivity index (χ4n) is 3.86. The van der Waals surface area contributed by atoms with Crippen LogP contribution in [0.25, 0.3) is 0 Å². The minimum absolute atomic E-state index is 0.0690. The average Bonchev–Trinajstić information content (AvgIpc) is 3.01. The molecule has 21 heavy (non-hydrogen) atoms. The molecule has 1 aliphatic heterocycles. The lowest BCUT2D eigenvalue weighted by molar-refractivity contribution is -0.125. The smallest absolute Gasteiger partial charge is 0.244 e. The Balaban J connectivity index is 1.66. The number of piperidine rings is 1. The molecule has 0 aromatic heterocycles. The molecule has 0 radical (unpaired) electrons. The van der Waals surface area contributed by atoms with Crippen LogP contribution in [0.5, 0.6) is 0 Å². The maximum Gasteiger partial charge on any atom is 0.244 e. The van der Waals surface area contributed by atoms with Crippen molar-refractivity contribution < 1.29 is 4.79 Å². The van der Waals surface area contributed by atoms with Crippen LogP contribution < -0.4 is 4.90 Å². The minimum atomic E-state index is 0.0690. The van der Waals surface area contributed by atoms with E-state index >= 15 is 0 Å². The van der Waals surface area contributed by atoms with Crippen LogP contribution in [0.4, 0.5) is 5.69 Å². The van der Waals surface area contributed by atoms with E-state index in [-0.39, 0.29) is 11.9 Å². The van der Waals surface area contributed by atoms with Crippen LogP contribution in [0.2, 0.25) is 0 Å². The number of hydrogen-bond acceptors (Lipinski definition) is 2. The summed E-state index contributed by atoms with van der Waals surface area (Å²) in [6.07, 6.45) is 7.52. The highest BCUT2D eigenvalue weighted by Crippen LogP contribution is 2.28. The van der Waals surface area contributed by atoms with E-state index in [2.05, 4.69) is 11.9 Å². The molecule has 1 atom stereocenters. The van der Waals surface area contributed by atoms with Crippen LogP contribution in [-0.2, 0) is 4.79 Å². The number of nitrogens with zero attached hydrogens (tertiary/aromatic N) is 2. The predicted molar refractivity (Wildman–Crippen MR) is 86.4 cm³/mol. The first-order valence-electron chi connectivity index (χ1n) is 8.32. The second-order valence-corrected chi connectivity index (χ2v) is 6.57. The topological polar surface area (TPSA) is 23.6 Å². The number of para-hydroxylation sites is 1. The van der Waals surface area contributed by atoms with Crippen LogP contribution in [0, 0.1) is 5.92 Å². The molecule has 1 unspecified atom stereocenters. The van der Waals surface area contributed by atoms with Gasteiger partial charge in [0.05, 0.1) is 6.04 Å². The van der Waals surface area contributed by atoms with Gasteiger partial charge in [-0.15, -0.1) is 0 Å². The number of carbonyl (C=O) groups is 1. The van der Waals surface area contributed by atoms with Crippen LogP contribution >= 0.6 is 0 Å². The van der Waals surface area contributed by atoms with E-state index in [9.17, 15) is 4.79 Å². The SMILES string of the molecule is CN(CC1CCCC1)C1CCCN(c2ccccc2)C1=O. The molecule has 1 heterocycles. The number of rotatable bonds is 4. The van der Waals surface area contributed by atoms with Crippen molar-refractivity contribution in [1.29, 1.82) is 0 Å². The van der Waals surface area contributed by atoms with E-state index < -0.39 is 0 Å². The number of likely N-dealkylation sites (N-methyl/N-ethyl adjacent to an activating group) is 1. The van der Waals surface area contributed by atoms with E-state index in [1.807, 2.05) is 35.2 Å². The zero-order valence-electron chi connectivity index (χ0n) is 13.0. The summed E-state index contributed by atoms with van der Waals surface area (Å²) >= 11 is 0. The molecule has 1 saturated carbocycles. The van der Waals surface area contributed by atoms with E-state index in [0.29, 0.717) is 0 Å². The summed E-state index contributed by atoms with van der Waals surface area (Å²) < 4.78 is 0. The highest BCUT2D eigenvalue weighted by Gasteiger charge is 2.33. The van der Waals surface area contributed by atoms with E-state index in [1.165, 1.54) is 25.7 Å². The summed E-state index contributed by atoms with van der Waals surface area (Å²) in [5, 5.41) is 0. The Morgan fingerprint density at radius 3 is 2.52 bits per heavy atom. The normalized spacial score (nSPS) is 24.0. The molecule has 1 amide bonds. The van der Waals surface area contributed by atoms with Crippen molar-refractivity contribution in [3.8, 4) is 0 Å². The summed E-state index contributed by atoms with van der Waals surface area (Å²) in [5.41, 5.74) is 1.04. The molecule has 0 bridgehead atoms. The summed E-state index contributed by atoms with van der Waals surface area (Å²) in [6, 6.07) is 10.2. The van der Waals surface area contributed by atoms with Crippen molar-refractivity contribution in [1.82, 2.24) is 4.90 Å². The summed E-state index contributed by atoms with van der Waals surface area (Å²) in [5.74, 6) is 1.09. The monoisotopic (exact) mass is 286 g/mol. The van der Waals surface area contributed by atoms with Gasteiger partial charge in [0.1, 0.15) is 0 Å². The van der Waals surface area contributed by atoms with Crippen molar-refractivity contribution >= 4 is 11.6 Å². The molecule has 3 rings (SSSR count). The van der Waals surface area contributed by atoms with Gasteiger partial charge < -0.3 is 4.90 Å². The molecule has 1 aliphatic carbocycles. The van der Waals surface area contributed by atoms with Crippen molar-refractivity contribution in [3.05, 3.63) is 30.3 Å². The number of anilines is 1. The molecule has 1 aromatic carbocycles. The third kappa shape index (κ3) is 3.29. The third-order valence-corrected chi connectivity index (χ3v) is 5.03. The molecule has 3 nitrogen and oxygen atoms in total. The van der Waals surface area contributed by atoms with Crippen molar-refractivity contribution in [3.63, 3.8) is 0 Å². The number of benzene rings is 1. The zero-order chi connectivity index (χ0) is 14.7. The molecule has 1 saturated heterocycles. The number of hydrogen-bond donors (Lipinski definition) is 0. The van der Waals surface area contributed by atoms with Crippen LogP contribution in [0.15, 0.2) is 30.3 Å². The Kier molecular flexibility index (Phi) is 4.59. The highest BCUT2D eigenvalue weighted by molar-refractivity contribution is 5.97. The fraction of sp³-hybridized carbons (Fsp3) is 0.611. The lowest BCUT2D eigenvalue weighted by Crippen LogP contribution is -2.52.